The molecule has 0 aliphatic heterocycles. The molecule has 1 aromatic carbocycles. The van der Waals surface area contributed by atoms with E-state index in [1.165, 1.54) is 16.9 Å². The maximum atomic E-state index is 11.9. The number of carbonyl (C=O) groups excluding carboxylic acids is 1. The summed E-state index contributed by atoms with van der Waals surface area (Å²) in [5, 5.41) is 4.88. The number of thiophene rings is 1. The summed E-state index contributed by atoms with van der Waals surface area (Å²) in [6, 6.07) is 6.16. The van der Waals surface area contributed by atoms with Crippen molar-refractivity contribution in [3.8, 4) is 5.75 Å². The molecule has 0 unspecified atom stereocenters. The first kappa shape index (κ1) is 16.6. The van der Waals surface area contributed by atoms with Crippen molar-refractivity contribution >= 4 is 17.2 Å². The summed E-state index contributed by atoms with van der Waals surface area (Å²) < 4.78 is 5.96. The molecule has 0 saturated carbocycles. The third-order valence-corrected chi connectivity index (χ3v) is 4.38. The zero-order valence-electron chi connectivity index (χ0n) is 13.7. The van der Waals surface area contributed by atoms with Gasteiger partial charge in [0.05, 0.1) is 4.88 Å². The van der Waals surface area contributed by atoms with Crippen LogP contribution in [0, 0.1) is 20.8 Å². The van der Waals surface area contributed by atoms with Gasteiger partial charge in [0.2, 0.25) is 0 Å². The highest BCUT2D eigenvalue weighted by Gasteiger charge is 2.10. The van der Waals surface area contributed by atoms with Crippen LogP contribution >= 0.6 is 11.3 Å². The lowest BCUT2D eigenvalue weighted by Gasteiger charge is -2.12. The van der Waals surface area contributed by atoms with Crippen molar-refractivity contribution in [3.05, 3.63) is 50.7 Å². The van der Waals surface area contributed by atoms with Crippen molar-refractivity contribution in [3.63, 3.8) is 0 Å². The van der Waals surface area contributed by atoms with Crippen LogP contribution in [0.15, 0.2) is 23.6 Å². The Morgan fingerprint density at radius 1 is 1.18 bits per heavy atom. The van der Waals surface area contributed by atoms with Gasteiger partial charge in [-0.05, 0) is 49.8 Å². The van der Waals surface area contributed by atoms with Crippen LogP contribution in [0.2, 0.25) is 0 Å². The highest BCUT2D eigenvalue weighted by Crippen LogP contribution is 2.26. The minimum atomic E-state index is 0.000738. The van der Waals surface area contributed by atoms with E-state index in [4.69, 9.17) is 4.74 Å². The molecule has 0 spiro atoms. The number of hydrogen-bond donors (Lipinski definition) is 1. The molecule has 3 nitrogen and oxygen atoms in total. The third-order valence-electron chi connectivity index (χ3n) is 3.40. The van der Waals surface area contributed by atoms with Gasteiger partial charge in [0.1, 0.15) is 12.4 Å². The first-order valence-corrected chi connectivity index (χ1v) is 8.45. The topological polar surface area (TPSA) is 38.3 Å². The van der Waals surface area contributed by atoms with Gasteiger partial charge in [-0.3, -0.25) is 4.79 Å². The monoisotopic (exact) mass is 317 g/mol. The van der Waals surface area contributed by atoms with Crippen molar-refractivity contribution in [2.75, 3.05) is 6.54 Å². The van der Waals surface area contributed by atoms with Gasteiger partial charge in [0.15, 0.2) is 0 Å². The van der Waals surface area contributed by atoms with E-state index in [-0.39, 0.29) is 5.91 Å². The Balaban J connectivity index is 2.01. The molecule has 4 heteroatoms. The van der Waals surface area contributed by atoms with E-state index in [2.05, 4.69) is 38.2 Å². The van der Waals surface area contributed by atoms with Crippen LogP contribution in [-0.4, -0.2) is 12.5 Å². The molecule has 0 bridgehead atoms. The quantitative estimate of drug-likeness (QED) is 0.858. The lowest BCUT2D eigenvalue weighted by Crippen LogP contribution is -2.22. The predicted octanol–water partition coefficient (Wildman–Crippen LogP) is 4.39. The van der Waals surface area contributed by atoms with Crippen LogP contribution < -0.4 is 10.1 Å². The average molecular weight is 317 g/mol. The Kier molecular flexibility index (Phi) is 5.61. The summed E-state index contributed by atoms with van der Waals surface area (Å²) in [7, 11) is 0. The highest BCUT2D eigenvalue weighted by molar-refractivity contribution is 7.12. The number of aryl methyl sites for hydroxylation is 3. The van der Waals surface area contributed by atoms with Gasteiger partial charge in [-0.25, -0.2) is 0 Å². The average Bonchev–Trinajstić information content (AvgIpc) is 2.92. The van der Waals surface area contributed by atoms with E-state index >= 15 is 0 Å². The molecule has 0 atom stereocenters. The molecule has 1 N–H and O–H groups in total. The molecular weight excluding hydrogens is 294 g/mol. The van der Waals surface area contributed by atoms with E-state index in [1.54, 1.807) is 0 Å². The van der Waals surface area contributed by atoms with E-state index in [1.807, 2.05) is 18.4 Å². The van der Waals surface area contributed by atoms with Gasteiger partial charge < -0.3 is 10.1 Å². The molecule has 0 aliphatic carbocycles. The first-order valence-electron chi connectivity index (χ1n) is 7.57. The summed E-state index contributed by atoms with van der Waals surface area (Å²) in [4.78, 5) is 12.6. The number of ether oxygens (including phenoxy) is 1. The second-order valence-corrected chi connectivity index (χ2v) is 6.50. The maximum Gasteiger partial charge on any atom is 0.261 e. The minimum absolute atomic E-state index is 0.000738. The third kappa shape index (κ3) is 4.10. The Labute approximate surface area is 136 Å². The van der Waals surface area contributed by atoms with Crippen LogP contribution in [0.4, 0.5) is 0 Å². The fraction of sp³-hybridized carbons (Fsp3) is 0.389. The minimum Gasteiger partial charge on any atom is -0.488 e. The lowest BCUT2D eigenvalue weighted by molar-refractivity contribution is 0.0957. The van der Waals surface area contributed by atoms with Crippen LogP contribution in [0.3, 0.4) is 0 Å². The fourth-order valence-corrected chi connectivity index (χ4v) is 3.26. The number of carbonyl (C=O) groups is 1. The van der Waals surface area contributed by atoms with Gasteiger partial charge in [0, 0.05) is 12.1 Å². The molecule has 1 amide bonds. The zero-order chi connectivity index (χ0) is 16.1. The Hall–Kier alpha value is -1.81. The number of amides is 1. The largest absolute Gasteiger partial charge is 0.488 e. The SMILES string of the molecule is CCCNC(=O)c1cc(COc2c(C)cc(C)cc2C)cs1. The molecule has 118 valence electrons. The van der Waals surface area contributed by atoms with Crippen LogP contribution in [-0.2, 0) is 6.61 Å². The number of hydrogen-bond acceptors (Lipinski definition) is 3. The van der Waals surface area contributed by atoms with Crippen molar-refractivity contribution in [1.29, 1.82) is 0 Å². The van der Waals surface area contributed by atoms with Gasteiger partial charge in [-0.2, -0.15) is 0 Å². The molecule has 22 heavy (non-hydrogen) atoms. The molecule has 1 heterocycles. The van der Waals surface area contributed by atoms with Crippen LogP contribution in [0.25, 0.3) is 0 Å². The van der Waals surface area contributed by atoms with Gasteiger partial charge in [0.25, 0.3) is 5.91 Å². The molecule has 0 aliphatic rings. The fourth-order valence-electron chi connectivity index (χ4n) is 2.45. The zero-order valence-corrected chi connectivity index (χ0v) is 14.5. The summed E-state index contributed by atoms with van der Waals surface area (Å²) in [5.41, 5.74) is 4.57. The maximum absolute atomic E-state index is 11.9. The lowest BCUT2D eigenvalue weighted by atomic mass is 10.1. The van der Waals surface area contributed by atoms with Gasteiger partial charge >= 0.3 is 0 Å². The number of rotatable bonds is 6. The van der Waals surface area contributed by atoms with E-state index in [0.717, 1.165) is 33.7 Å². The normalized spacial score (nSPS) is 10.5. The summed E-state index contributed by atoms with van der Waals surface area (Å²) in [6.45, 7) is 9.45. The molecule has 0 fully saturated rings. The van der Waals surface area contributed by atoms with Crippen LogP contribution in [0.1, 0.15) is 45.3 Å². The molecular formula is C18H23NO2S. The molecule has 0 saturated heterocycles. The second kappa shape index (κ2) is 7.45. The Morgan fingerprint density at radius 2 is 1.86 bits per heavy atom. The first-order chi connectivity index (χ1) is 10.5. The van der Waals surface area contributed by atoms with Crippen molar-refractivity contribution in [1.82, 2.24) is 5.32 Å². The smallest absolute Gasteiger partial charge is 0.261 e. The summed E-state index contributed by atoms with van der Waals surface area (Å²) >= 11 is 1.46. The number of nitrogens with one attached hydrogen (secondary N) is 1. The highest BCUT2D eigenvalue weighted by atomic mass is 32.1. The molecule has 2 rings (SSSR count). The van der Waals surface area contributed by atoms with Gasteiger partial charge in [-0.1, -0.05) is 24.6 Å². The van der Waals surface area contributed by atoms with Crippen molar-refractivity contribution < 1.29 is 9.53 Å². The van der Waals surface area contributed by atoms with E-state index in [0.29, 0.717) is 13.2 Å². The van der Waals surface area contributed by atoms with Crippen molar-refractivity contribution in [2.45, 2.75) is 40.7 Å². The van der Waals surface area contributed by atoms with E-state index < -0.39 is 0 Å². The standard InChI is InChI=1S/C18H23NO2S/c1-5-6-19-18(20)16-9-15(11-22-16)10-21-17-13(3)7-12(2)8-14(17)4/h7-9,11H,5-6,10H2,1-4H3,(H,19,20). The summed E-state index contributed by atoms with van der Waals surface area (Å²) in [6.07, 6.45) is 0.944. The second-order valence-electron chi connectivity index (χ2n) is 5.59. The number of benzene rings is 1. The van der Waals surface area contributed by atoms with E-state index in [9.17, 15) is 4.79 Å². The predicted molar refractivity (Wildman–Crippen MR) is 91.9 cm³/mol. The van der Waals surface area contributed by atoms with Crippen molar-refractivity contribution in [2.24, 2.45) is 0 Å². The van der Waals surface area contributed by atoms with Gasteiger partial charge in [-0.15, -0.1) is 11.3 Å². The molecule has 2 aromatic rings. The van der Waals surface area contributed by atoms with Crippen LogP contribution in [0.5, 0.6) is 5.75 Å². The Bertz CT molecular complexity index is 638. The summed E-state index contributed by atoms with van der Waals surface area (Å²) in [5.74, 6) is 0.939. The molecule has 1 aromatic heterocycles. The molecule has 0 radical (unpaired) electrons. The Morgan fingerprint density at radius 3 is 2.50 bits per heavy atom.